The van der Waals surface area contributed by atoms with Crippen molar-refractivity contribution in [2.75, 3.05) is 39.5 Å². The van der Waals surface area contributed by atoms with Crippen LogP contribution in [-0.2, 0) is 10.1 Å². The Kier molecular flexibility index (Phi) is 6.68. The molecule has 0 heterocycles. The van der Waals surface area contributed by atoms with E-state index in [0.717, 1.165) is 0 Å². The fraction of sp³-hybridized carbons (Fsp3) is 0.889. The molecular formula is C9H20FN2O5S+. The first kappa shape index (κ1) is 17.2. The molecule has 0 bridgehead atoms. The molecule has 0 aliphatic heterocycles. The van der Waals surface area contributed by atoms with Crippen LogP contribution >= 0.6 is 0 Å². The summed E-state index contributed by atoms with van der Waals surface area (Å²) < 4.78 is 42.4. The van der Waals surface area contributed by atoms with Crippen molar-refractivity contribution < 1.29 is 31.7 Å². The van der Waals surface area contributed by atoms with Crippen LogP contribution in [0.15, 0.2) is 0 Å². The molecule has 3 N–H and O–H groups in total. The van der Waals surface area contributed by atoms with Gasteiger partial charge in [0, 0.05) is 13.0 Å². The van der Waals surface area contributed by atoms with Crippen molar-refractivity contribution in [2.24, 2.45) is 0 Å². The normalized spacial score (nSPS) is 14.3. The number of carbonyl (C=O) groups excluding carboxylic acids is 1. The van der Waals surface area contributed by atoms with E-state index in [4.69, 9.17) is 9.66 Å². The SMILES string of the molecule is C[N+](C)(CCCNC(=O)F)C(CO)CS(=O)(=O)O. The number of likely N-dealkylation sites (N-methyl/N-ethyl adjacent to an activating group) is 1. The fourth-order valence-corrected chi connectivity index (χ4v) is 2.57. The highest BCUT2D eigenvalue weighted by atomic mass is 32.2. The van der Waals surface area contributed by atoms with Crippen molar-refractivity contribution in [3.8, 4) is 0 Å². The van der Waals surface area contributed by atoms with Crippen molar-refractivity contribution in [1.82, 2.24) is 5.32 Å². The molecule has 0 aromatic carbocycles. The molecule has 0 saturated carbocycles. The van der Waals surface area contributed by atoms with E-state index < -0.39 is 34.7 Å². The first-order valence-electron chi connectivity index (χ1n) is 5.40. The van der Waals surface area contributed by atoms with Gasteiger partial charge in [0.1, 0.15) is 11.8 Å². The Labute approximate surface area is 106 Å². The Morgan fingerprint density at radius 3 is 2.39 bits per heavy atom. The summed E-state index contributed by atoms with van der Waals surface area (Å²) in [6.07, 6.45) is -1.19. The maximum Gasteiger partial charge on any atom is 0.397 e. The summed E-state index contributed by atoms with van der Waals surface area (Å²) >= 11 is 0. The molecule has 0 fully saturated rings. The minimum Gasteiger partial charge on any atom is -0.390 e. The van der Waals surface area contributed by atoms with Crippen LogP contribution in [0.5, 0.6) is 0 Å². The highest BCUT2D eigenvalue weighted by Gasteiger charge is 2.31. The number of aliphatic hydroxyl groups is 1. The van der Waals surface area contributed by atoms with Gasteiger partial charge in [0.15, 0.2) is 0 Å². The van der Waals surface area contributed by atoms with Crippen molar-refractivity contribution in [2.45, 2.75) is 12.5 Å². The number of rotatable bonds is 8. The topological polar surface area (TPSA) is 104 Å². The highest BCUT2D eigenvalue weighted by molar-refractivity contribution is 7.85. The summed E-state index contributed by atoms with van der Waals surface area (Å²) in [5.41, 5.74) is 0. The van der Waals surface area contributed by atoms with Gasteiger partial charge in [-0.15, -0.1) is 4.39 Å². The number of carbonyl (C=O) groups is 1. The molecule has 0 saturated heterocycles. The van der Waals surface area contributed by atoms with Gasteiger partial charge in [-0.1, -0.05) is 0 Å². The van der Waals surface area contributed by atoms with Gasteiger partial charge in [-0.05, 0) is 0 Å². The summed E-state index contributed by atoms with van der Waals surface area (Å²) in [5.74, 6) is -0.550. The molecule has 0 aliphatic rings. The van der Waals surface area contributed by atoms with Crippen LogP contribution in [0.1, 0.15) is 6.42 Å². The van der Waals surface area contributed by atoms with Crippen molar-refractivity contribution in [3.63, 3.8) is 0 Å². The standard InChI is InChI=1S/C9H19FN2O5S/c1-12(2,5-3-4-11-9(10)14)8(6-13)7-18(15,16)17/h8,13H,3-7H2,1-2H3,(H-,11,14,15,16,17)/p+1. The molecule has 0 aliphatic carbocycles. The summed E-state index contributed by atoms with van der Waals surface area (Å²) in [6, 6.07) is -0.680. The Morgan fingerprint density at radius 1 is 1.44 bits per heavy atom. The molecule has 1 atom stereocenters. The van der Waals surface area contributed by atoms with Gasteiger partial charge in [-0.25, -0.2) is 4.79 Å². The molecule has 0 aromatic rings. The second kappa shape index (κ2) is 6.98. The Hall–Kier alpha value is -0.770. The lowest BCUT2D eigenvalue weighted by Crippen LogP contribution is -2.54. The minimum atomic E-state index is -4.17. The van der Waals surface area contributed by atoms with E-state index in [1.54, 1.807) is 14.1 Å². The minimum absolute atomic E-state index is 0.126. The maximum atomic E-state index is 11.9. The summed E-state index contributed by atoms with van der Waals surface area (Å²) in [6.45, 7) is 0.143. The number of hydrogen-bond acceptors (Lipinski definition) is 4. The van der Waals surface area contributed by atoms with Crippen molar-refractivity contribution in [3.05, 3.63) is 0 Å². The lowest BCUT2D eigenvalue weighted by atomic mass is 10.2. The Balaban J connectivity index is 4.34. The third-order valence-corrected chi connectivity index (χ3v) is 3.58. The molecule has 108 valence electrons. The average molecular weight is 287 g/mol. The average Bonchev–Trinajstić information content (AvgIpc) is 2.19. The van der Waals surface area contributed by atoms with Crippen LogP contribution in [-0.4, -0.2) is 74.3 Å². The molecule has 1 amide bonds. The quantitative estimate of drug-likeness (QED) is 0.181. The van der Waals surface area contributed by atoms with Gasteiger partial charge in [-0.2, -0.15) is 8.42 Å². The van der Waals surface area contributed by atoms with Gasteiger partial charge in [0.05, 0.1) is 27.2 Å². The maximum absolute atomic E-state index is 11.9. The van der Waals surface area contributed by atoms with Crippen LogP contribution in [0.3, 0.4) is 0 Å². The predicted molar refractivity (Wildman–Crippen MR) is 63.4 cm³/mol. The van der Waals surface area contributed by atoms with Crippen LogP contribution in [0, 0.1) is 0 Å². The molecule has 18 heavy (non-hydrogen) atoms. The van der Waals surface area contributed by atoms with Gasteiger partial charge in [0.2, 0.25) is 0 Å². The largest absolute Gasteiger partial charge is 0.397 e. The smallest absolute Gasteiger partial charge is 0.390 e. The Morgan fingerprint density at radius 2 is 2.00 bits per heavy atom. The molecule has 0 rings (SSSR count). The van der Waals surface area contributed by atoms with Crippen molar-refractivity contribution in [1.29, 1.82) is 0 Å². The van der Waals surface area contributed by atoms with Crippen LogP contribution < -0.4 is 5.32 Å². The van der Waals surface area contributed by atoms with E-state index >= 15 is 0 Å². The predicted octanol–water partition coefficient (Wildman–Crippen LogP) is -0.619. The number of quaternary nitrogens is 1. The molecule has 0 aromatic heterocycles. The van der Waals surface area contributed by atoms with E-state index in [-0.39, 0.29) is 11.0 Å². The molecule has 7 nitrogen and oxygen atoms in total. The zero-order valence-corrected chi connectivity index (χ0v) is 11.3. The summed E-state index contributed by atoms with van der Waals surface area (Å²) in [5, 5.41) is 11.1. The zero-order chi connectivity index (χ0) is 14.4. The second-order valence-corrected chi connectivity index (χ2v) is 6.14. The van der Waals surface area contributed by atoms with E-state index in [2.05, 4.69) is 0 Å². The molecule has 1 unspecified atom stereocenters. The number of nitrogens with one attached hydrogen (secondary N) is 1. The summed E-state index contributed by atoms with van der Waals surface area (Å²) in [4.78, 5) is 10.0. The summed E-state index contributed by atoms with van der Waals surface area (Å²) in [7, 11) is -0.800. The zero-order valence-electron chi connectivity index (χ0n) is 10.5. The molecule has 0 spiro atoms. The molecule has 0 radical (unpaired) electrons. The van der Waals surface area contributed by atoms with Crippen molar-refractivity contribution >= 4 is 16.3 Å². The van der Waals surface area contributed by atoms with E-state index in [1.807, 2.05) is 5.32 Å². The van der Waals surface area contributed by atoms with Crippen LogP contribution in [0.2, 0.25) is 0 Å². The number of aliphatic hydroxyl groups excluding tert-OH is 1. The lowest BCUT2D eigenvalue weighted by molar-refractivity contribution is -0.912. The molecular weight excluding hydrogens is 267 g/mol. The lowest BCUT2D eigenvalue weighted by Gasteiger charge is -2.36. The van der Waals surface area contributed by atoms with E-state index in [9.17, 15) is 17.6 Å². The van der Waals surface area contributed by atoms with Crippen LogP contribution in [0.4, 0.5) is 9.18 Å². The van der Waals surface area contributed by atoms with Gasteiger partial charge in [0.25, 0.3) is 10.1 Å². The first-order valence-corrected chi connectivity index (χ1v) is 7.01. The van der Waals surface area contributed by atoms with E-state index in [0.29, 0.717) is 13.0 Å². The van der Waals surface area contributed by atoms with Gasteiger partial charge < -0.3 is 14.9 Å². The first-order chi connectivity index (χ1) is 8.08. The number of nitrogens with zero attached hydrogens (tertiary/aromatic N) is 1. The third-order valence-electron chi connectivity index (χ3n) is 2.78. The third kappa shape index (κ3) is 7.54. The number of amides is 1. The Bertz CT molecular complexity index is 371. The van der Waals surface area contributed by atoms with Crippen LogP contribution in [0.25, 0.3) is 0 Å². The highest BCUT2D eigenvalue weighted by Crippen LogP contribution is 2.10. The fourth-order valence-electron chi connectivity index (χ4n) is 1.57. The second-order valence-electron chi connectivity index (χ2n) is 4.64. The van der Waals surface area contributed by atoms with Gasteiger partial charge in [-0.3, -0.25) is 4.55 Å². The van der Waals surface area contributed by atoms with E-state index in [1.165, 1.54) is 0 Å². The monoisotopic (exact) mass is 287 g/mol. The van der Waals surface area contributed by atoms with Gasteiger partial charge >= 0.3 is 6.16 Å². The number of hydrogen-bond donors (Lipinski definition) is 3. The molecule has 9 heteroatoms. The number of halogens is 1.